The van der Waals surface area contributed by atoms with Gasteiger partial charge in [0, 0.05) is 43.8 Å². The van der Waals surface area contributed by atoms with Gasteiger partial charge in [0.1, 0.15) is 17.5 Å². The van der Waals surface area contributed by atoms with Crippen molar-refractivity contribution in [2.24, 2.45) is 0 Å². The lowest BCUT2D eigenvalue weighted by atomic mass is 10.0. The highest BCUT2D eigenvalue weighted by molar-refractivity contribution is 7.87. The van der Waals surface area contributed by atoms with Crippen LogP contribution in [0, 0.1) is 17.5 Å². The minimum Gasteiger partial charge on any atom is -0.324 e. The standard InChI is InChI=1S/C21H24ClF3N4O3S/c1-28(2)33(31,32)27-14-5-4-9-29(10-8-14)21(30)26-20-15(11-13(22)12-18(20)25)19-16(23)6-3-7-17(19)24/h3,6-7,11-12,14,27H,4-5,8-10H2,1-2H3,(H,26,30)/t14-/m0/s1. The lowest BCUT2D eigenvalue weighted by molar-refractivity contribution is 0.213. The Morgan fingerprint density at radius 2 is 1.76 bits per heavy atom. The van der Waals surface area contributed by atoms with Crippen LogP contribution in [0.25, 0.3) is 11.1 Å². The van der Waals surface area contributed by atoms with Gasteiger partial charge in [-0.15, -0.1) is 0 Å². The highest BCUT2D eigenvalue weighted by Crippen LogP contribution is 2.36. The second-order valence-electron chi connectivity index (χ2n) is 7.86. The summed E-state index contributed by atoms with van der Waals surface area (Å²) in [6.45, 7) is 0.496. The molecule has 0 saturated carbocycles. The molecule has 0 aromatic heterocycles. The van der Waals surface area contributed by atoms with Crippen molar-refractivity contribution >= 4 is 33.5 Å². The molecule has 33 heavy (non-hydrogen) atoms. The summed E-state index contributed by atoms with van der Waals surface area (Å²) in [6.07, 6.45) is 1.36. The van der Waals surface area contributed by atoms with Crippen LogP contribution >= 0.6 is 11.6 Å². The zero-order valence-corrected chi connectivity index (χ0v) is 19.6. The largest absolute Gasteiger partial charge is 0.324 e. The third kappa shape index (κ3) is 5.97. The maximum atomic E-state index is 14.7. The Morgan fingerprint density at radius 1 is 1.09 bits per heavy atom. The summed E-state index contributed by atoms with van der Waals surface area (Å²) >= 11 is 5.91. The molecule has 0 bridgehead atoms. The molecule has 0 spiro atoms. The number of urea groups is 1. The molecule has 2 amide bonds. The van der Waals surface area contributed by atoms with Crippen LogP contribution in [0.5, 0.6) is 0 Å². The van der Waals surface area contributed by atoms with Gasteiger partial charge in [-0.25, -0.2) is 18.0 Å². The summed E-state index contributed by atoms with van der Waals surface area (Å²) in [5.41, 5.74) is -1.14. The number of nitrogens with zero attached hydrogens (tertiary/aromatic N) is 2. The van der Waals surface area contributed by atoms with Crippen molar-refractivity contribution in [2.45, 2.75) is 25.3 Å². The van der Waals surface area contributed by atoms with Gasteiger partial charge in [0.05, 0.1) is 11.3 Å². The fourth-order valence-corrected chi connectivity index (χ4v) is 4.64. The molecule has 1 saturated heterocycles. The van der Waals surface area contributed by atoms with Crippen molar-refractivity contribution < 1.29 is 26.4 Å². The van der Waals surface area contributed by atoms with E-state index in [9.17, 15) is 26.4 Å². The third-order valence-electron chi connectivity index (χ3n) is 5.33. The van der Waals surface area contributed by atoms with E-state index in [1.54, 1.807) is 0 Å². The molecule has 1 heterocycles. The van der Waals surface area contributed by atoms with Crippen molar-refractivity contribution in [1.82, 2.24) is 13.9 Å². The maximum Gasteiger partial charge on any atom is 0.321 e. The predicted octanol–water partition coefficient (Wildman–Crippen LogP) is 4.21. The number of rotatable bonds is 5. The minimum absolute atomic E-state index is 0.0889. The first-order valence-corrected chi connectivity index (χ1v) is 12.0. The number of carbonyl (C=O) groups excluding carboxylic acids is 1. The number of hydrogen-bond donors (Lipinski definition) is 2. The Bertz CT molecular complexity index is 1130. The van der Waals surface area contributed by atoms with Gasteiger partial charge in [0.15, 0.2) is 0 Å². The van der Waals surface area contributed by atoms with Gasteiger partial charge >= 0.3 is 6.03 Å². The van der Waals surface area contributed by atoms with Gasteiger partial charge in [-0.2, -0.15) is 17.4 Å². The number of benzene rings is 2. The van der Waals surface area contributed by atoms with Crippen molar-refractivity contribution in [3.63, 3.8) is 0 Å². The van der Waals surface area contributed by atoms with E-state index in [1.165, 1.54) is 31.1 Å². The normalized spacial score (nSPS) is 17.2. The van der Waals surface area contributed by atoms with Gasteiger partial charge in [0.25, 0.3) is 10.2 Å². The van der Waals surface area contributed by atoms with E-state index in [1.807, 2.05) is 0 Å². The molecule has 0 radical (unpaired) electrons. The number of amides is 2. The SMILES string of the molecule is CN(C)S(=O)(=O)N[C@H]1CCCN(C(=O)Nc2c(F)cc(Cl)cc2-c2c(F)cccc2F)CC1. The minimum atomic E-state index is -3.62. The Labute approximate surface area is 195 Å². The number of halogens is 4. The number of hydrogen-bond acceptors (Lipinski definition) is 3. The van der Waals surface area contributed by atoms with Gasteiger partial charge in [-0.05, 0) is 43.5 Å². The van der Waals surface area contributed by atoms with Gasteiger partial charge in [-0.1, -0.05) is 17.7 Å². The second kappa shape index (κ2) is 10.3. The van der Waals surface area contributed by atoms with Gasteiger partial charge < -0.3 is 10.2 Å². The van der Waals surface area contributed by atoms with Crippen molar-refractivity contribution in [3.05, 3.63) is 52.8 Å². The average molecular weight is 505 g/mol. The van der Waals surface area contributed by atoms with E-state index >= 15 is 0 Å². The highest BCUT2D eigenvalue weighted by atomic mass is 35.5. The Hall–Kier alpha value is -2.34. The van der Waals surface area contributed by atoms with Gasteiger partial charge in [-0.3, -0.25) is 0 Å². The van der Waals surface area contributed by atoms with Crippen LogP contribution in [0.1, 0.15) is 19.3 Å². The molecule has 12 heteroatoms. The fourth-order valence-electron chi connectivity index (χ4n) is 3.57. The lowest BCUT2D eigenvalue weighted by Gasteiger charge is -2.23. The van der Waals surface area contributed by atoms with E-state index in [2.05, 4.69) is 10.0 Å². The molecule has 180 valence electrons. The van der Waals surface area contributed by atoms with E-state index in [-0.39, 0.29) is 23.2 Å². The molecule has 2 aromatic carbocycles. The zero-order valence-electron chi connectivity index (χ0n) is 18.0. The Morgan fingerprint density at radius 3 is 2.39 bits per heavy atom. The van der Waals surface area contributed by atoms with Crippen molar-refractivity contribution in [2.75, 3.05) is 32.5 Å². The molecule has 2 N–H and O–H groups in total. The van der Waals surface area contributed by atoms with Crippen LogP contribution in [0.15, 0.2) is 30.3 Å². The van der Waals surface area contributed by atoms with Crippen molar-refractivity contribution in [3.8, 4) is 11.1 Å². The highest BCUT2D eigenvalue weighted by Gasteiger charge is 2.27. The molecule has 7 nitrogen and oxygen atoms in total. The average Bonchev–Trinajstić information content (AvgIpc) is 2.95. The molecule has 3 rings (SSSR count). The molecule has 1 aliphatic heterocycles. The lowest BCUT2D eigenvalue weighted by Crippen LogP contribution is -2.43. The third-order valence-corrected chi connectivity index (χ3v) is 7.14. The summed E-state index contributed by atoms with van der Waals surface area (Å²) in [4.78, 5) is 14.3. The quantitative estimate of drug-likeness (QED) is 0.640. The molecule has 1 atom stereocenters. The number of anilines is 1. The summed E-state index contributed by atoms with van der Waals surface area (Å²) in [5.74, 6) is -2.81. The van der Waals surface area contributed by atoms with E-state index in [0.29, 0.717) is 25.8 Å². The summed E-state index contributed by atoms with van der Waals surface area (Å²) in [6, 6.07) is 4.28. The summed E-state index contributed by atoms with van der Waals surface area (Å²) < 4.78 is 71.3. The van der Waals surface area contributed by atoms with Crippen LogP contribution < -0.4 is 10.0 Å². The first kappa shape index (κ1) is 25.3. The van der Waals surface area contributed by atoms with E-state index < -0.39 is 44.9 Å². The molecular weight excluding hydrogens is 481 g/mol. The van der Waals surface area contributed by atoms with Crippen molar-refractivity contribution in [1.29, 1.82) is 0 Å². The van der Waals surface area contributed by atoms with Crippen LogP contribution in [0.4, 0.5) is 23.7 Å². The predicted molar refractivity (Wildman–Crippen MR) is 121 cm³/mol. The Kier molecular flexibility index (Phi) is 7.88. The maximum absolute atomic E-state index is 14.7. The van der Waals surface area contributed by atoms with E-state index in [4.69, 9.17) is 11.6 Å². The van der Waals surface area contributed by atoms with Crippen LogP contribution in [0.2, 0.25) is 5.02 Å². The Balaban J connectivity index is 1.81. The summed E-state index contributed by atoms with van der Waals surface area (Å²) in [5, 5.41) is 2.32. The molecule has 1 fully saturated rings. The molecule has 0 unspecified atom stereocenters. The number of likely N-dealkylation sites (tertiary alicyclic amines) is 1. The van der Waals surface area contributed by atoms with Gasteiger partial charge in [0.2, 0.25) is 0 Å². The summed E-state index contributed by atoms with van der Waals surface area (Å²) in [7, 11) is -0.799. The van der Waals surface area contributed by atoms with Crippen LogP contribution in [0.3, 0.4) is 0 Å². The first-order chi connectivity index (χ1) is 15.5. The monoisotopic (exact) mass is 504 g/mol. The number of carbonyl (C=O) groups is 1. The van der Waals surface area contributed by atoms with E-state index in [0.717, 1.165) is 22.5 Å². The first-order valence-electron chi connectivity index (χ1n) is 10.2. The molecule has 1 aliphatic rings. The van der Waals surface area contributed by atoms with Crippen LogP contribution in [-0.4, -0.2) is 56.9 Å². The second-order valence-corrected chi connectivity index (χ2v) is 10.2. The molecule has 2 aromatic rings. The molecule has 0 aliphatic carbocycles. The fraction of sp³-hybridized carbons (Fsp3) is 0.381. The zero-order chi connectivity index (χ0) is 24.3. The number of nitrogens with one attached hydrogen (secondary N) is 2. The van der Waals surface area contributed by atoms with Crippen LogP contribution in [-0.2, 0) is 10.2 Å². The molecular formula is C21H24ClF3N4O3S. The smallest absolute Gasteiger partial charge is 0.321 e. The topological polar surface area (TPSA) is 81.8 Å².